The van der Waals surface area contributed by atoms with Crippen molar-refractivity contribution < 1.29 is 4.79 Å². The van der Waals surface area contributed by atoms with Crippen molar-refractivity contribution in [2.75, 3.05) is 27.2 Å². The van der Waals surface area contributed by atoms with Crippen LogP contribution in [0, 0.1) is 0 Å². The monoisotopic (exact) mass is 319 g/mol. The highest BCUT2D eigenvalue weighted by Crippen LogP contribution is 2.17. The van der Waals surface area contributed by atoms with Crippen molar-refractivity contribution in [2.45, 2.75) is 6.42 Å². The molecule has 17 heavy (non-hydrogen) atoms. The van der Waals surface area contributed by atoms with Crippen LogP contribution in [0.25, 0.3) is 0 Å². The van der Waals surface area contributed by atoms with Gasteiger partial charge < -0.3 is 10.2 Å². The molecule has 1 rings (SSSR count). The van der Waals surface area contributed by atoms with E-state index in [9.17, 15) is 4.79 Å². The van der Waals surface area contributed by atoms with Gasteiger partial charge in [0.25, 0.3) is 5.91 Å². The second-order valence-corrected chi connectivity index (χ2v) is 5.18. The van der Waals surface area contributed by atoms with Crippen LogP contribution >= 0.6 is 27.5 Å². The Hall–Kier alpha value is -0.650. The van der Waals surface area contributed by atoms with Crippen LogP contribution in [0.3, 0.4) is 0 Å². The Balaban J connectivity index is 2.49. The Morgan fingerprint density at radius 3 is 2.94 bits per heavy atom. The first-order valence-electron chi connectivity index (χ1n) is 5.24. The molecule has 1 aromatic rings. The molecule has 1 heterocycles. The SMILES string of the molecule is CN(C)CCCNC(=O)c1cc(Br)cnc1Cl. The van der Waals surface area contributed by atoms with Crippen LogP contribution in [-0.4, -0.2) is 43.0 Å². The number of carbonyl (C=O) groups excluding carboxylic acids is 1. The van der Waals surface area contributed by atoms with Gasteiger partial charge in [-0.05, 0) is 49.1 Å². The minimum Gasteiger partial charge on any atom is -0.352 e. The van der Waals surface area contributed by atoms with Gasteiger partial charge in [0.1, 0.15) is 5.15 Å². The minimum atomic E-state index is -0.192. The number of rotatable bonds is 5. The topological polar surface area (TPSA) is 45.2 Å². The summed E-state index contributed by atoms with van der Waals surface area (Å²) in [5.74, 6) is -0.192. The first-order valence-corrected chi connectivity index (χ1v) is 6.42. The first-order chi connectivity index (χ1) is 8.00. The van der Waals surface area contributed by atoms with E-state index < -0.39 is 0 Å². The van der Waals surface area contributed by atoms with Crippen LogP contribution in [0.15, 0.2) is 16.7 Å². The summed E-state index contributed by atoms with van der Waals surface area (Å²) in [4.78, 5) is 17.8. The molecule has 4 nitrogen and oxygen atoms in total. The summed E-state index contributed by atoms with van der Waals surface area (Å²) in [5.41, 5.74) is 0.394. The van der Waals surface area contributed by atoms with E-state index in [0.717, 1.165) is 17.4 Å². The zero-order valence-corrected chi connectivity index (χ0v) is 12.2. The quantitative estimate of drug-likeness (QED) is 0.668. The highest BCUT2D eigenvalue weighted by molar-refractivity contribution is 9.10. The molecule has 1 amide bonds. The standard InChI is InChI=1S/C11H15BrClN3O/c1-16(2)5-3-4-14-11(17)9-6-8(12)7-15-10(9)13/h6-7H,3-5H2,1-2H3,(H,14,17). The van der Waals surface area contributed by atoms with E-state index >= 15 is 0 Å². The van der Waals surface area contributed by atoms with Gasteiger partial charge in [-0.2, -0.15) is 0 Å². The van der Waals surface area contributed by atoms with Gasteiger partial charge in [0.2, 0.25) is 0 Å². The molecule has 0 spiro atoms. The normalized spacial score (nSPS) is 10.6. The van der Waals surface area contributed by atoms with Gasteiger partial charge in [0.05, 0.1) is 5.56 Å². The lowest BCUT2D eigenvalue weighted by Crippen LogP contribution is -2.27. The summed E-state index contributed by atoms with van der Waals surface area (Å²) in [5, 5.41) is 3.03. The zero-order chi connectivity index (χ0) is 12.8. The van der Waals surface area contributed by atoms with Gasteiger partial charge >= 0.3 is 0 Å². The molecule has 0 radical (unpaired) electrons. The average molecular weight is 321 g/mol. The number of pyridine rings is 1. The molecule has 0 aliphatic rings. The minimum absolute atomic E-state index is 0.192. The molecule has 0 saturated carbocycles. The molecule has 94 valence electrons. The summed E-state index contributed by atoms with van der Waals surface area (Å²) in [6.07, 6.45) is 2.46. The number of amides is 1. The summed E-state index contributed by atoms with van der Waals surface area (Å²) < 4.78 is 0.736. The highest BCUT2D eigenvalue weighted by Gasteiger charge is 2.11. The third-order valence-electron chi connectivity index (χ3n) is 2.12. The summed E-state index contributed by atoms with van der Waals surface area (Å²) in [6.45, 7) is 1.56. The predicted octanol–water partition coefficient (Wildman–Crippen LogP) is 2.18. The summed E-state index contributed by atoms with van der Waals surface area (Å²) >= 11 is 9.11. The Bertz CT molecular complexity index is 398. The van der Waals surface area contributed by atoms with Gasteiger partial charge in [-0.1, -0.05) is 11.6 Å². The lowest BCUT2D eigenvalue weighted by Gasteiger charge is -2.10. The summed E-state index contributed by atoms with van der Waals surface area (Å²) in [7, 11) is 3.99. The Morgan fingerprint density at radius 1 is 1.59 bits per heavy atom. The molecule has 0 aliphatic carbocycles. The van der Waals surface area contributed by atoms with Crippen molar-refractivity contribution in [1.29, 1.82) is 0 Å². The van der Waals surface area contributed by atoms with Crippen molar-refractivity contribution in [2.24, 2.45) is 0 Å². The maximum Gasteiger partial charge on any atom is 0.254 e. The van der Waals surface area contributed by atoms with E-state index in [1.165, 1.54) is 0 Å². The van der Waals surface area contributed by atoms with Crippen molar-refractivity contribution in [1.82, 2.24) is 15.2 Å². The predicted molar refractivity (Wildman–Crippen MR) is 72.5 cm³/mol. The van der Waals surface area contributed by atoms with E-state index in [4.69, 9.17) is 11.6 Å². The number of halogens is 2. The molecule has 0 atom stereocenters. The molecular weight excluding hydrogens is 305 g/mol. The molecule has 0 fully saturated rings. The second-order valence-electron chi connectivity index (χ2n) is 3.90. The number of nitrogens with one attached hydrogen (secondary N) is 1. The molecule has 0 saturated heterocycles. The summed E-state index contributed by atoms with van der Waals surface area (Å²) in [6, 6.07) is 1.66. The number of carbonyl (C=O) groups is 1. The van der Waals surface area contributed by atoms with E-state index in [1.807, 2.05) is 14.1 Å². The number of nitrogens with zero attached hydrogens (tertiary/aromatic N) is 2. The Labute approximate surface area is 114 Å². The molecule has 0 unspecified atom stereocenters. The fourth-order valence-corrected chi connectivity index (χ4v) is 1.79. The fraction of sp³-hybridized carbons (Fsp3) is 0.455. The Kier molecular flexibility index (Phi) is 5.88. The van der Waals surface area contributed by atoms with Crippen LogP contribution in [0.5, 0.6) is 0 Å². The van der Waals surface area contributed by atoms with Crippen LogP contribution in [-0.2, 0) is 0 Å². The maximum absolute atomic E-state index is 11.8. The van der Waals surface area contributed by atoms with Gasteiger partial charge in [-0.25, -0.2) is 4.98 Å². The van der Waals surface area contributed by atoms with Crippen LogP contribution in [0.2, 0.25) is 5.15 Å². The largest absolute Gasteiger partial charge is 0.352 e. The van der Waals surface area contributed by atoms with Crippen molar-refractivity contribution in [3.63, 3.8) is 0 Å². The molecule has 0 bridgehead atoms. The third-order valence-corrected chi connectivity index (χ3v) is 2.85. The highest BCUT2D eigenvalue weighted by atomic mass is 79.9. The molecule has 1 N–H and O–H groups in total. The second kappa shape index (κ2) is 6.93. The number of hydrogen-bond acceptors (Lipinski definition) is 3. The van der Waals surface area contributed by atoms with E-state index in [1.54, 1.807) is 12.3 Å². The van der Waals surface area contributed by atoms with E-state index in [2.05, 4.69) is 31.1 Å². The van der Waals surface area contributed by atoms with Gasteiger partial charge in [-0.3, -0.25) is 4.79 Å². The number of hydrogen-bond donors (Lipinski definition) is 1. The van der Waals surface area contributed by atoms with Gasteiger partial charge in [-0.15, -0.1) is 0 Å². The fourth-order valence-electron chi connectivity index (χ4n) is 1.27. The molecule has 0 aromatic carbocycles. The average Bonchev–Trinajstić information content (AvgIpc) is 2.27. The molecule has 6 heteroatoms. The lowest BCUT2D eigenvalue weighted by molar-refractivity contribution is 0.0952. The molecular formula is C11H15BrClN3O. The Morgan fingerprint density at radius 2 is 2.29 bits per heavy atom. The lowest BCUT2D eigenvalue weighted by atomic mass is 10.2. The molecule has 0 aliphatic heterocycles. The third kappa shape index (κ3) is 5.02. The van der Waals surface area contributed by atoms with Crippen LogP contribution in [0.4, 0.5) is 0 Å². The maximum atomic E-state index is 11.8. The van der Waals surface area contributed by atoms with Crippen molar-refractivity contribution in [3.8, 4) is 0 Å². The smallest absolute Gasteiger partial charge is 0.254 e. The van der Waals surface area contributed by atoms with Crippen LogP contribution in [0.1, 0.15) is 16.8 Å². The van der Waals surface area contributed by atoms with Crippen molar-refractivity contribution in [3.05, 3.63) is 27.5 Å². The van der Waals surface area contributed by atoms with E-state index in [0.29, 0.717) is 12.1 Å². The van der Waals surface area contributed by atoms with Gasteiger partial charge in [0, 0.05) is 17.2 Å². The number of aromatic nitrogens is 1. The van der Waals surface area contributed by atoms with Gasteiger partial charge in [0.15, 0.2) is 0 Å². The van der Waals surface area contributed by atoms with Crippen molar-refractivity contribution >= 4 is 33.4 Å². The zero-order valence-electron chi connectivity index (χ0n) is 9.83. The van der Waals surface area contributed by atoms with Crippen LogP contribution < -0.4 is 5.32 Å². The molecule has 1 aromatic heterocycles. The van der Waals surface area contributed by atoms with E-state index in [-0.39, 0.29) is 11.1 Å². The first kappa shape index (κ1) is 14.4.